The molecule has 1 saturated heterocycles. The van der Waals surface area contributed by atoms with Gasteiger partial charge < -0.3 is 15.4 Å². The number of alkyl halides is 4. The molecule has 0 bridgehead atoms. The standard InChI is InChI=1S/C15H18F4N6O/c1-8-11(6-22-25(8)12-3-4-26-7-10(12)16)23-14-21-5-9(15(17,18)19)13(20-2)24-14/h5-6,10,12H,3-4,7H2,1-2H3,(H2,20,21,23,24). The first-order valence-electron chi connectivity index (χ1n) is 7.96. The Kier molecular flexibility index (Phi) is 4.99. The van der Waals surface area contributed by atoms with Crippen molar-refractivity contribution < 1.29 is 22.3 Å². The minimum Gasteiger partial charge on any atom is -0.378 e. The van der Waals surface area contributed by atoms with Gasteiger partial charge in [-0.1, -0.05) is 0 Å². The van der Waals surface area contributed by atoms with Gasteiger partial charge in [-0.3, -0.25) is 4.68 Å². The molecule has 2 aromatic heterocycles. The molecule has 0 radical (unpaired) electrons. The molecule has 0 saturated carbocycles. The summed E-state index contributed by atoms with van der Waals surface area (Å²) in [5.74, 6) is -0.359. The van der Waals surface area contributed by atoms with Crippen molar-refractivity contribution >= 4 is 17.5 Å². The molecule has 2 aromatic rings. The average molecular weight is 374 g/mol. The number of hydrogen-bond donors (Lipinski definition) is 2. The molecular weight excluding hydrogens is 356 g/mol. The van der Waals surface area contributed by atoms with Gasteiger partial charge in [-0.2, -0.15) is 23.3 Å². The maximum absolute atomic E-state index is 14.1. The zero-order chi connectivity index (χ0) is 18.9. The molecule has 2 N–H and O–H groups in total. The summed E-state index contributed by atoms with van der Waals surface area (Å²) in [4.78, 5) is 7.56. The highest BCUT2D eigenvalue weighted by molar-refractivity contribution is 5.58. The Morgan fingerprint density at radius 1 is 1.31 bits per heavy atom. The molecule has 7 nitrogen and oxygen atoms in total. The van der Waals surface area contributed by atoms with Crippen molar-refractivity contribution in [3.63, 3.8) is 0 Å². The Bertz CT molecular complexity index is 778. The molecule has 1 aliphatic rings. The Hall–Kier alpha value is -2.43. The Balaban J connectivity index is 1.84. The number of anilines is 3. The van der Waals surface area contributed by atoms with Gasteiger partial charge in [0.1, 0.15) is 17.6 Å². The Morgan fingerprint density at radius 3 is 2.73 bits per heavy atom. The second-order valence-electron chi connectivity index (χ2n) is 5.86. The van der Waals surface area contributed by atoms with Gasteiger partial charge in [-0.05, 0) is 13.3 Å². The van der Waals surface area contributed by atoms with Crippen LogP contribution in [0.2, 0.25) is 0 Å². The summed E-state index contributed by atoms with van der Waals surface area (Å²) < 4.78 is 59.4. The van der Waals surface area contributed by atoms with Crippen molar-refractivity contribution in [1.29, 1.82) is 0 Å². The summed E-state index contributed by atoms with van der Waals surface area (Å²) in [6.45, 7) is 2.20. The summed E-state index contributed by atoms with van der Waals surface area (Å²) in [5.41, 5.74) is 0.167. The van der Waals surface area contributed by atoms with Crippen molar-refractivity contribution in [1.82, 2.24) is 19.7 Å². The summed E-state index contributed by atoms with van der Waals surface area (Å²) in [7, 11) is 1.34. The molecule has 1 aliphatic heterocycles. The number of nitrogens with one attached hydrogen (secondary N) is 2. The smallest absolute Gasteiger partial charge is 0.378 e. The van der Waals surface area contributed by atoms with Crippen molar-refractivity contribution in [3.8, 4) is 0 Å². The van der Waals surface area contributed by atoms with Gasteiger partial charge in [-0.25, -0.2) is 9.37 Å². The zero-order valence-electron chi connectivity index (χ0n) is 14.1. The van der Waals surface area contributed by atoms with Crippen molar-refractivity contribution in [3.05, 3.63) is 23.7 Å². The van der Waals surface area contributed by atoms with Crippen LogP contribution in [-0.2, 0) is 10.9 Å². The van der Waals surface area contributed by atoms with Gasteiger partial charge in [0.2, 0.25) is 5.95 Å². The van der Waals surface area contributed by atoms with E-state index >= 15 is 0 Å². The highest BCUT2D eigenvalue weighted by Gasteiger charge is 2.35. The quantitative estimate of drug-likeness (QED) is 0.801. The molecule has 3 heterocycles. The lowest BCUT2D eigenvalue weighted by atomic mass is 10.1. The summed E-state index contributed by atoms with van der Waals surface area (Å²) >= 11 is 0. The Labute approximate surface area is 146 Å². The van der Waals surface area contributed by atoms with Crippen LogP contribution in [0.3, 0.4) is 0 Å². The zero-order valence-corrected chi connectivity index (χ0v) is 14.1. The average Bonchev–Trinajstić information content (AvgIpc) is 2.95. The molecule has 2 atom stereocenters. The first-order chi connectivity index (χ1) is 12.3. The lowest BCUT2D eigenvalue weighted by Crippen LogP contribution is -2.32. The largest absolute Gasteiger partial charge is 0.421 e. The molecule has 142 valence electrons. The maximum atomic E-state index is 14.1. The topological polar surface area (TPSA) is 76.9 Å². The van der Waals surface area contributed by atoms with E-state index in [1.54, 1.807) is 11.6 Å². The van der Waals surface area contributed by atoms with Crippen LogP contribution in [0.4, 0.5) is 35.0 Å². The van der Waals surface area contributed by atoms with Crippen LogP contribution in [0.25, 0.3) is 0 Å². The molecule has 0 aliphatic carbocycles. The molecule has 0 spiro atoms. The van der Waals surface area contributed by atoms with Gasteiger partial charge in [0.05, 0.1) is 30.2 Å². The van der Waals surface area contributed by atoms with Crippen molar-refractivity contribution in [2.24, 2.45) is 0 Å². The van der Waals surface area contributed by atoms with Crippen LogP contribution >= 0.6 is 0 Å². The summed E-state index contributed by atoms with van der Waals surface area (Å²) in [6.07, 6.45) is -3.07. The lowest BCUT2D eigenvalue weighted by molar-refractivity contribution is -0.137. The molecule has 0 aromatic carbocycles. The van der Waals surface area contributed by atoms with Gasteiger partial charge in [0.25, 0.3) is 0 Å². The minimum atomic E-state index is -4.56. The van der Waals surface area contributed by atoms with Gasteiger partial charge >= 0.3 is 6.18 Å². The van der Waals surface area contributed by atoms with Crippen LogP contribution in [-0.4, -0.2) is 46.2 Å². The van der Waals surface area contributed by atoms with E-state index in [2.05, 4.69) is 25.7 Å². The monoisotopic (exact) mass is 374 g/mol. The van der Waals surface area contributed by atoms with Crippen molar-refractivity contribution in [2.75, 3.05) is 30.9 Å². The van der Waals surface area contributed by atoms with Gasteiger partial charge in [0.15, 0.2) is 0 Å². The fraction of sp³-hybridized carbons (Fsp3) is 0.533. The molecular formula is C15H18F4N6O. The number of nitrogens with zero attached hydrogens (tertiary/aromatic N) is 4. The second kappa shape index (κ2) is 7.06. The van der Waals surface area contributed by atoms with E-state index in [-0.39, 0.29) is 18.4 Å². The minimum absolute atomic E-state index is 0.0142. The maximum Gasteiger partial charge on any atom is 0.421 e. The second-order valence-corrected chi connectivity index (χ2v) is 5.86. The third-order valence-corrected chi connectivity index (χ3v) is 4.19. The van der Waals surface area contributed by atoms with E-state index in [1.165, 1.54) is 13.2 Å². The van der Waals surface area contributed by atoms with E-state index in [9.17, 15) is 17.6 Å². The van der Waals surface area contributed by atoms with Crippen LogP contribution in [0.1, 0.15) is 23.7 Å². The number of halogens is 4. The number of hydrogen-bond acceptors (Lipinski definition) is 6. The normalized spacial score (nSPS) is 20.8. The van der Waals surface area contributed by atoms with Crippen LogP contribution in [0, 0.1) is 6.92 Å². The van der Waals surface area contributed by atoms with Crippen LogP contribution in [0.5, 0.6) is 0 Å². The highest BCUT2D eigenvalue weighted by Crippen LogP contribution is 2.34. The van der Waals surface area contributed by atoms with Crippen molar-refractivity contribution in [2.45, 2.75) is 31.7 Å². The molecule has 2 unspecified atom stereocenters. The third-order valence-electron chi connectivity index (χ3n) is 4.19. The summed E-state index contributed by atoms with van der Waals surface area (Å²) in [5, 5.41) is 9.44. The first-order valence-corrected chi connectivity index (χ1v) is 7.96. The first kappa shape index (κ1) is 18.4. The number of ether oxygens (including phenoxy) is 1. The van der Waals surface area contributed by atoms with E-state index in [4.69, 9.17) is 4.74 Å². The molecule has 0 amide bonds. The molecule has 26 heavy (non-hydrogen) atoms. The molecule has 11 heteroatoms. The fourth-order valence-corrected chi connectivity index (χ4v) is 2.81. The molecule has 1 fully saturated rings. The van der Waals surface area contributed by atoms with Gasteiger partial charge in [-0.15, -0.1) is 0 Å². The predicted octanol–water partition coefficient (Wildman–Crippen LogP) is 3.09. The predicted molar refractivity (Wildman–Crippen MR) is 86.2 cm³/mol. The van der Waals surface area contributed by atoms with Crippen LogP contribution in [0.15, 0.2) is 12.4 Å². The fourth-order valence-electron chi connectivity index (χ4n) is 2.81. The number of aromatic nitrogens is 4. The van der Waals surface area contributed by atoms with E-state index < -0.39 is 24.0 Å². The highest BCUT2D eigenvalue weighted by atomic mass is 19.4. The third kappa shape index (κ3) is 3.57. The lowest BCUT2D eigenvalue weighted by Gasteiger charge is -2.27. The Morgan fingerprint density at radius 2 is 2.08 bits per heavy atom. The van der Waals surface area contributed by atoms with Gasteiger partial charge in [0, 0.05) is 19.9 Å². The number of rotatable bonds is 4. The van der Waals surface area contributed by atoms with E-state index in [0.717, 1.165) is 0 Å². The summed E-state index contributed by atoms with van der Waals surface area (Å²) in [6, 6.07) is -0.444. The van der Waals surface area contributed by atoms with Crippen LogP contribution < -0.4 is 10.6 Å². The van der Waals surface area contributed by atoms with E-state index in [0.29, 0.717) is 30.6 Å². The van der Waals surface area contributed by atoms with E-state index in [1.807, 2.05) is 0 Å². The molecule has 3 rings (SSSR count). The SMILES string of the molecule is CNc1nc(Nc2cnn(C3CCOCC3F)c2C)ncc1C(F)(F)F.